The highest BCUT2D eigenvalue weighted by atomic mass is 79.9. The number of halogens is 1. The maximum atomic E-state index is 5.28. The zero-order valence-corrected chi connectivity index (χ0v) is 12.2. The lowest BCUT2D eigenvalue weighted by atomic mass is 10.1. The maximum absolute atomic E-state index is 5.28. The van der Waals surface area contributed by atoms with Crippen molar-refractivity contribution in [3.8, 4) is 5.75 Å². The van der Waals surface area contributed by atoms with E-state index in [1.54, 1.807) is 7.11 Å². The van der Waals surface area contributed by atoms with E-state index in [0.29, 0.717) is 0 Å². The largest absolute Gasteiger partial charge is 0.496 e. The predicted octanol–water partition coefficient (Wildman–Crippen LogP) is 3.65. The van der Waals surface area contributed by atoms with Gasteiger partial charge in [0.15, 0.2) is 0 Å². The fourth-order valence-corrected chi connectivity index (χ4v) is 1.90. The quantitative estimate of drug-likeness (QED) is 0.915. The molecule has 0 aromatic heterocycles. The van der Waals surface area contributed by atoms with E-state index in [2.05, 4.69) is 55.0 Å². The van der Waals surface area contributed by atoms with Crippen molar-refractivity contribution >= 4 is 15.9 Å². The van der Waals surface area contributed by atoms with Crippen LogP contribution < -0.4 is 10.1 Å². The Morgan fingerprint density at radius 3 is 2.44 bits per heavy atom. The molecule has 0 saturated heterocycles. The number of rotatable bonds is 3. The topological polar surface area (TPSA) is 21.3 Å². The summed E-state index contributed by atoms with van der Waals surface area (Å²) in [6.45, 7) is 9.41. The first-order chi connectivity index (χ1) is 7.33. The van der Waals surface area contributed by atoms with Crippen molar-refractivity contribution < 1.29 is 4.74 Å². The summed E-state index contributed by atoms with van der Waals surface area (Å²) in [4.78, 5) is 0. The summed E-state index contributed by atoms with van der Waals surface area (Å²) in [7, 11) is 1.70. The predicted molar refractivity (Wildman–Crippen MR) is 72.0 cm³/mol. The Kier molecular flexibility index (Phi) is 4.39. The summed E-state index contributed by atoms with van der Waals surface area (Å²) in [6, 6.07) is 4.18. The molecule has 1 aromatic rings. The third kappa shape index (κ3) is 3.80. The van der Waals surface area contributed by atoms with Crippen LogP contribution in [-0.2, 0) is 6.54 Å². The molecule has 0 bridgehead atoms. The molecule has 0 spiro atoms. The van der Waals surface area contributed by atoms with E-state index in [-0.39, 0.29) is 5.54 Å². The zero-order valence-electron chi connectivity index (χ0n) is 10.6. The second kappa shape index (κ2) is 5.19. The summed E-state index contributed by atoms with van der Waals surface area (Å²) in [5.74, 6) is 0.923. The fraction of sp³-hybridized carbons (Fsp3) is 0.538. The van der Waals surface area contributed by atoms with E-state index >= 15 is 0 Å². The van der Waals surface area contributed by atoms with Gasteiger partial charge < -0.3 is 10.1 Å². The van der Waals surface area contributed by atoms with Crippen LogP contribution in [0.4, 0.5) is 0 Å². The first kappa shape index (κ1) is 13.5. The second-order valence-electron chi connectivity index (χ2n) is 5.02. The van der Waals surface area contributed by atoms with Gasteiger partial charge in [-0.2, -0.15) is 0 Å². The number of methoxy groups -OCH3 is 1. The Bertz CT molecular complexity index is 369. The molecule has 1 N–H and O–H groups in total. The number of aryl methyl sites for hydroxylation is 1. The third-order valence-corrected chi connectivity index (χ3v) is 3.11. The van der Waals surface area contributed by atoms with Gasteiger partial charge in [-0.05, 0) is 51.0 Å². The molecule has 0 aliphatic heterocycles. The molecular formula is C13H20BrNO. The molecule has 0 fully saturated rings. The van der Waals surface area contributed by atoms with Gasteiger partial charge in [0.1, 0.15) is 5.75 Å². The fourth-order valence-electron chi connectivity index (χ4n) is 1.44. The maximum Gasteiger partial charge on any atom is 0.122 e. The van der Waals surface area contributed by atoms with E-state index in [4.69, 9.17) is 4.74 Å². The standard InChI is InChI=1S/C13H20BrNO/c1-9-6-10(8-15-13(2,3)4)11(14)7-12(9)16-5/h6-7,15H,8H2,1-5H3. The van der Waals surface area contributed by atoms with Crippen molar-refractivity contribution in [1.82, 2.24) is 5.32 Å². The first-order valence-corrected chi connectivity index (χ1v) is 6.21. The van der Waals surface area contributed by atoms with E-state index in [9.17, 15) is 0 Å². The number of benzene rings is 1. The van der Waals surface area contributed by atoms with Crippen molar-refractivity contribution in [3.63, 3.8) is 0 Å². The summed E-state index contributed by atoms with van der Waals surface area (Å²) < 4.78 is 6.37. The molecule has 1 rings (SSSR count). The number of nitrogens with one attached hydrogen (secondary N) is 1. The van der Waals surface area contributed by atoms with Crippen molar-refractivity contribution in [3.05, 3.63) is 27.7 Å². The Labute approximate surface area is 107 Å². The highest BCUT2D eigenvalue weighted by molar-refractivity contribution is 9.10. The lowest BCUT2D eigenvalue weighted by Gasteiger charge is -2.21. The Morgan fingerprint density at radius 2 is 1.94 bits per heavy atom. The van der Waals surface area contributed by atoms with Gasteiger partial charge >= 0.3 is 0 Å². The SMILES string of the molecule is COc1cc(Br)c(CNC(C)(C)C)cc1C. The summed E-state index contributed by atoms with van der Waals surface area (Å²) in [5.41, 5.74) is 2.55. The van der Waals surface area contributed by atoms with Gasteiger partial charge in [-0.3, -0.25) is 0 Å². The normalized spacial score (nSPS) is 11.6. The minimum absolute atomic E-state index is 0.132. The second-order valence-corrected chi connectivity index (χ2v) is 5.87. The minimum atomic E-state index is 0.132. The molecular weight excluding hydrogens is 266 g/mol. The molecule has 16 heavy (non-hydrogen) atoms. The molecule has 0 amide bonds. The van der Waals surface area contributed by atoms with Crippen molar-refractivity contribution in [1.29, 1.82) is 0 Å². The van der Waals surface area contributed by atoms with Gasteiger partial charge in [-0.1, -0.05) is 15.9 Å². The van der Waals surface area contributed by atoms with Gasteiger partial charge in [0.2, 0.25) is 0 Å². The summed E-state index contributed by atoms with van der Waals surface area (Å²) >= 11 is 3.57. The summed E-state index contributed by atoms with van der Waals surface area (Å²) in [5, 5.41) is 3.47. The average molecular weight is 286 g/mol. The highest BCUT2D eigenvalue weighted by Crippen LogP contribution is 2.27. The van der Waals surface area contributed by atoms with Crippen LogP contribution in [0.1, 0.15) is 31.9 Å². The molecule has 90 valence electrons. The highest BCUT2D eigenvalue weighted by Gasteiger charge is 2.11. The van der Waals surface area contributed by atoms with E-state index in [0.717, 1.165) is 22.3 Å². The minimum Gasteiger partial charge on any atom is -0.496 e. The van der Waals surface area contributed by atoms with Crippen LogP contribution in [0.15, 0.2) is 16.6 Å². The molecule has 0 unspecified atom stereocenters. The van der Waals surface area contributed by atoms with Crippen LogP contribution in [0.25, 0.3) is 0 Å². The summed E-state index contributed by atoms with van der Waals surface area (Å²) in [6.07, 6.45) is 0. The van der Waals surface area contributed by atoms with Gasteiger partial charge in [0.25, 0.3) is 0 Å². The monoisotopic (exact) mass is 285 g/mol. The number of hydrogen-bond acceptors (Lipinski definition) is 2. The molecule has 0 saturated carbocycles. The van der Waals surface area contributed by atoms with Crippen molar-refractivity contribution in [2.24, 2.45) is 0 Å². The molecule has 3 heteroatoms. The van der Waals surface area contributed by atoms with Gasteiger partial charge in [-0.15, -0.1) is 0 Å². The number of hydrogen-bond donors (Lipinski definition) is 1. The average Bonchev–Trinajstić information content (AvgIpc) is 2.17. The first-order valence-electron chi connectivity index (χ1n) is 5.41. The molecule has 0 heterocycles. The molecule has 1 aromatic carbocycles. The van der Waals surface area contributed by atoms with Crippen LogP contribution in [0.2, 0.25) is 0 Å². The zero-order chi connectivity index (χ0) is 12.3. The van der Waals surface area contributed by atoms with Crippen LogP contribution in [-0.4, -0.2) is 12.6 Å². The van der Waals surface area contributed by atoms with Gasteiger partial charge in [0, 0.05) is 16.6 Å². The van der Waals surface area contributed by atoms with Gasteiger partial charge in [-0.25, -0.2) is 0 Å². The van der Waals surface area contributed by atoms with E-state index in [1.807, 2.05) is 6.07 Å². The molecule has 0 aliphatic rings. The van der Waals surface area contributed by atoms with Crippen LogP contribution in [0, 0.1) is 6.92 Å². The third-order valence-electron chi connectivity index (χ3n) is 2.37. The van der Waals surface area contributed by atoms with Crippen molar-refractivity contribution in [2.45, 2.75) is 39.8 Å². The lowest BCUT2D eigenvalue weighted by molar-refractivity contribution is 0.409. The lowest BCUT2D eigenvalue weighted by Crippen LogP contribution is -2.35. The van der Waals surface area contributed by atoms with Gasteiger partial charge in [0.05, 0.1) is 7.11 Å². The van der Waals surface area contributed by atoms with Crippen LogP contribution in [0.5, 0.6) is 5.75 Å². The van der Waals surface area contributed by atoms with Crippen molar-refractivity contribution in [2.75, 3.05) is 7.11 Å². The smallest absolute Gasteiger partial charge is 0.122 e. The molecule has 0 radical (unpaired) electrons. The molecule has 2 nitrogen and oxygen atoms in total. The Balaban J connectivity index is 2.86. The van der Waals surface area contributed by atoms with Crippen LogP contribution >= 0.6 is 15.9 Å². The Hall–Kier alpha value is -0.540. The van der Waals surface area contributed by atoms with E-state index < -0.39 is 0 Å². The van der Waals surface area contributed by atoms with Crippen LogP contribution in [0.3, 0.4) is 0 Å². The molecule has 0 aliphatic carbocycles. The van der Waals surface area contributed by atoms with E-state index in [1.165, 1.54) is 5.56 Å². The Morgan fingerprint density at radius 1 is 1.31 bits per heavy atom. The molecule has 0 atom stereocenters. The number of ether oxygens (including phenoxy) is 1.